The molecule has 1 aromatic carbocycles. The Morgan fingerprint density at radius 2 is 2.06 bits per heavy atom. The highest BCUT2D eigenvalue weighted by atomic mass is 16.1. The number of ketones is 1. The lowest BCUT2D eigenvalue weighted by Gasteiger charge is -2.25. The predicted molar refractivity (Wildman–Crippen MR) is 72.6 cm³/mol. The molecule has 17 heavy (non-hydrogen) atoms. The van der Waals surface area contributed by atoms with Crippen LogP contribution in [0.2, 0.25) is 0 Å². The third-order valence-corrected chi connectivity index (χ3v) is 2.79. The summed E-state index contributed by atoms with van der Waals surface area (Å²) in [5.74, 6) is 0.0967. The van der Waals surface area contributed by atoms with Crippen molar-refractivity contribution in [2.24, 2.45) is 5.73 Å². The predicted octanol–water partition coefficient (Wildman–Crippen LogP) is 2.45. The first-order valence-corrected chi connectivity index (χ1v) is 5.90. The molecule has 1 rings (SSSR count). The molecule has 3 nitrogen and oxygen atoms in total. The molecule has 0 amide bonds. The Bertz CT molecular complexity index is 393. The molecular weight excluding hydrogens is 212 g/mol. The van der Waals surface area contributed by atoms with E-state index in [1.54, 1.807) is 6.92 Å². The number of hydrogen-bond donors (Lipinski definition) is 1. The lowest BCUT2D eigenvalue weighted by molar-refractivity contribution is 0.101. The second-order valence-electron chi connectivity index (χ2n) is 5.27. The van der Waals surface area contributed by atoms with Crippen LogP contribution in [0, 0.1) is 0 Å². The SMILES string of the molecule is CC(=O)c1cccc(N(C)CCC(C)(C)N)c1. The quantitative estimate of drug-likeness (QED) is 0.796. The summed E-state index contributed by atoms with van der Waals surface area (Å²) in [4.78, 5) is 13.4. The zero-order valence-electron chi connectivity index (χ0n) is 11.2. The van der Waals surface area contributed by atoms with Crippen LogP contribution in [-0.2, 0) is 0 Å². The van der Waals surface area contributed by atoms with Crippen LogP contribution in [0.4, 0.5) is 5.69 Å². The summed E-state index contributed by atoms with van der Waals surface area (Å²) in [6.45, 7) is 6.51. The molecule has 0 fully saturated rings. The maximum absolute atomic E-state index is 11.3. The average molecular weight is 234 g/mol. The van der Waals surface area contributed by atoms with Gasteiger partial charge in [-0.15, -0.1) is 0 Å². The zero-order valence-corrected chi connectivity index (χ0v) is 11.2. The normalized spacial score (nSPS) is 11.4. The van der Waals surface area contributed by atoms with Crippen LogP contribution in [0.1, 0.15) is 37.6 Å². The Hall–Kier alpha value is -1.35. The molecule has 0 saturated carbocycles. The molecule has 0 unspecified atom stereocenters. The molecular formula is C14H22N2O. The van der Waals surface area contributed by atoms with Gasteiger partial charge in [-0.3, -0.25) is 4.79 Å². The number of anilines is 1. The highest BCUT2D eigenvalue weighted by molar-refractivity contribution is 5.94. The molecule has 3 heteroatoms. The van der Waals surface area contributed by atoms with Gasteiger partial charge in [-0.25, -0.2) is 0 Å². The smallest absolute Gasteiger partial charge is 0.159 e. The monoisotopic (exact) mass is 234 g/mol. The number of carbonyl (C=O) groups excluding carboxylic acids is 1. The van der Waals surface area contributed by atoms with Gasteiger partial charge in [-0.2, -0.15) is 0 Å². The van der Waals surface area contributed by atoms with Gasteiger partial charge in [0.2, 0.25) is 0 Å². The minimum Gasteiger partial charge on any atom is -0.375 e. The van der Waals surface area contributed by atoms with Crippen molar-refractivity contribution in [2.45, 2.75) is 32.7 Å². The summed E-state index contributed by atoms with van der Waals surface area (Å²) in [7, 11) is 2.02. The second kappa shape index (κ2) is 5.32. The minimum absolute atomic E-state index is 0.0967. The first-order valence-electron chi connectivity index (χ1n) is 5.90. The van der Waals surface area contributed by atoms with Crippen LogP contribution in [0.3, 0.4) is 0 Å². The van der Waals surface area contributed by atoms with Crippen molar-refractivity contribution in [1.82, 2.24) is 0 Å². The van der Waals surface area contributed by atoms with Gasteiger partial charge in [0.25, 0.3) is 0 Å². The fourth-order valence-corrected chi connectivity index (χ4v) is 1.55. The fourth-order valence-electron chi connectivity index (χ4n) is 1.55. The lowest BCUT2D eigenvalue weighted by Crippen LogP contribution is -2.36. The van der Waals surface area contributed by atoms with Crippen molar-refractivity contribution in [3.8, 4) is 0 Å². The van der Waals surface area contributed by atoms with Gasteiger partial charge < -0.3 is 10.6 Å². The molecule has 0 aliphatic heterocycles. The van der Waals surface area contributed by atoms with E-state index in [0.29, 0.717) is 0 Å². The van der Waals surface area contributed by atoms with Gasteiger partial charge in [0.15, 0.2) is 5.78 Å². The van der Waals surface area contributed by atoms with Crippen molar-refractivity contribution in [3.05, 3.63) is 29.8 Å². The molecule has 0 heterocycles. The van der Waals surface area contributed by atoms with Gasteiger partial charge in [-0.1, -0.05) is 12.1 Å². The molecule has 2 N–H and O–H groups in total. The van der Waals surface area contributed by atoms with E-state index in [0.717, 1.165) is 24.2 Å². The average Bonchev–Trinajstić information content (AvgIpc) is 2.25. The van der Waals surface area contributed by atoms with E-state index in [1.165, 1.54) is 0 Å². The molecule has 0 radical (unpaired) electrons. The molecule has 1 aromatic rings. The summed E-state index contributed by atoms with van der Waals surface area (Å²) >= 11 is 0. The fraction of sp³-hybridized carbons (Fsp3) is 0.500. The molecule has 0 aliphatic rings. The third-order valence-electron chi connectivity index (χ3n) is 2.79. The number of benzene rings is 1. The summed E-state index contributed by atoms with van der Waals surface area (Å²) in [6, 6.07) is 7.69. The number of carbonyl (C=O) groups is 1. The Morgan fingerprint density at radius 3 is 2.59 bits per heavy atom. The molecule has 0 aliphatic carbocycles. The van der Waals surface area contributed by atoms with E-state index < -0.39 is 0 Å². The van der Waals surface area contributed by atoms with Crippen LogP contribution in [0.15, 0.2) is 24.3 Å². The molecule has 0 atom stereocenters. The Morgan fingerprint density at radius 1 is 1.41 bits per heavy atom. The van der Waals surface area contributed by atoms with E-state index in [9.17, 15) is 4.79 Å². The highest BCUT2D eigenvalue weighted by Gasteiger charge is 2.12. The van der Waals surface area contributed by atoms with Crippen LogP contribution in [0.5, 0.6) is 0 Å². The van der Waals surface area contributed by atoms with Crippen molar-refractivity contribution in [1.29, 1.82) is 0 Å². The Labute approximate surface area is 104 Å². The summed E-state index contributed by atoms with van der Waals surface area (Å²) in [5, 5.41) is 0. The number of hydrogen-bond acceptors (Lipinski definition) is 3. The molecule has 94 valence electrons. The van der Waals surface area contributed by atoms with E-state index in [2.05, 4.69) is 4.90 Å². The standard InChI is InChI=1S/C14H22N2O/c1-11(17)12-6-5-7-13(10-12)16(4)9-8-14(2,3)15/h5-7,10H,8-9,15H2,1-4H3. The minimum atomic E-state index is -0.160. The first-order chi connectivity index (χ1) is 7.79. The Balaban J connectivity index is 2.72. The highest BCUT2D eigenvalue weighted by Crippen LogP contribution is 2.16. The van der Waals surface area contributed by atoms with Crippen LogP contribution >= 0.6 is 0 Å². The number of nitrogens with two attached hydrogens (primary N) is 1. The third kappa shape index (κ3) is 4.57. The first kappa shape index (κ1) is 13.7. The molecule has 0 saturated heterocycles. The summed E-state index contributed by atoms with van der Waals surface area (Å²) < 4.78 is 0. The van der Waals surface area contributed by atoms with Gasteiger partial charge >= 0.3 is 0 Å². The van der Waals surface area contributed by atoms with Gasteiger partial charge in [0, 0.05) is 30.4 Å². The molecule has 0 bridgehead atoms. The largest absolute Gasteiger partial charge is 0.375 e. The maximum atomic E-state index is 11.3. The van der Waals surface area contributed by atoms with Crippen LogP contribution in [0.25, 0.3) is 0 Å². The van der Waals surface area contributed by atoms with E-state index in [1.807, 2.05) is 45.2 Å². The van der Waals surface area contributed by atoms with Gasteiger partial charge in [0.05, 0.1) is 0 Å². The van der Waals surface area contributed by atoms with E-state index in [4.69, 9.17) is 5.73 Å². The number of nitrogens with zero attached hydrogens (tertiary/aromatic N) is 1. The van der Waals surface area contributed by atoms with Gasteiger partial charge in [0.1, 0.15) is 0 Å². The van der Waals surface area contributed by atoms with E-state index in [-0.39, 0.29) is 11.3 Å². The second-order valence-corrected chi connectivity index (χ2v) is 5.27. The number of rotatable bonds is 5. The van der Waals surface area contributed by atoms with E-state index >= 15 is 0 Å². The Kier molecular flexibility index (Phi) is 4.29. The van der Waals surface area contributed by atoms with Crippen LogP contribution in [-0.4, -0.2) is 24.9 Å². The maximum Gasteiger partial charge on any atom is 0.159 e. The zero-order chi connectivity index (χ0) is 13.1. The van der Waals surface area contributed by atoms with Crippen molar-refractivity contribution >= 4 is 11.5 Å². The van der Waals surface area contributed by atoms with Gasteiger partial charge in [-0.05, 0) is 39.3 Å². The van der Waals surface area contributed by atoms with Crippen LogP contribution < -0.4 is 10.6 Å². The topological polar surface area (TPSA) is 46.3 Å². The van der Waals surface area contributed by atoms with Crippen molar-refractivity contribution in [3.63, 3.8) is 0 Å². The number of Topliss-reactive ketones (excluding diaryl/α,β-unsaturated/α-hetero) is 1. The summed E-state index contributed by atoms with van der Waals surface area (Å²) in [6.07, 6.45) is 0.911. The molecule has 0 aromatic heterocycles. The van der Waals surface area contributed by atoms with Crippen molar-refractivity contribution < 1.29 is 4.79 Å². The lowest BCUT2D eigenvalue weighted by atomic mass is 10.0. The molecule has 0 spiro atoms. The summed E-state index contributed by atoms with van der Waals surface area (Å²) in [5.41, 5.74) is 7.61. The van der Waals surface area contributed by atoms with Crippen molar-refractivity contribution in [2.75, 3.05) is 18.5 Å².